The molecule has 1 fully saturated rings. The molecule has 2 amide bonds. The molecule has 1 atom stereocenters. The van der Waals surface area contributed by atoms with E-state index in [-0.39, 0.29) is 24.2 Å². The van der Waals surface area contributed by atoms with E-state index in [1.807, 2.05) is 26.0 Å². The van der Waals surface area contributed by atoms with E-state index in [2.05, 4.69) is 17.6 Å². The van der Waals surface area contributed by atoms with Gasteiger partial charge in [-0.25, -0.2) is 0 Å². The molecule has 1 saturated heterocycles. The van der Waals surface area contributed by atoms with Crippen LogP contribution in [0.15, 0.2) is 24.3 Å². The molecule has 146 valence electrons. The van der Waals surface area contributed by atoms with Crippen molar-refractivity contribution in [2.75, 3.05) is 31.5 Å². The van der Waals surface area contributed by atoms with Crippen LogP contribution < -0.4 is 10.6 Å². The van der Waals surface area contributed by atoms with Crippen LogP contribution in [-0.2, 0) is 4.79 Å². The Bertz CT molecular complexity index is 584. The summed E-state index contributed by atoms with van der Waals surface area (Å²) in [6.45, 7) is 9.55. The Labute approximate surface area is 163 Å². The van der Waals surface area contributed by atoms with Gasteiger partial charge in [-0.1, -0.05) is 13.0 Å². The molecule has 1 unspecified atom stereocenters. The Hall–Kier alpha value is -1.59. The number of halogens is 1. The van der Waals surface area contributed by atoms with E-state index >= 15 is 0 Å². The molecule has 2 N–H and O–H groups in total. The lowest BCUT2D eigenvalue weighted by Crippen LogP contribution is -2.32. The van der Waals surface area contributed by atoms with Gasteiger partial charge < -0.3 is 15.5 Å². The first kappa shape index (κ1) is 22.5. The molecule has 26 heavy (non-hydrogen) atoms. The third kappa shape index (κ3) is 6.29. The van der Waals surface area contributed by atoms with Gasteiger partial charge in [-0.05, 0) is 69.8 Å². The number of anilines is 1. The van der Waals surface area contributed by atoms with Crippen LogP contribution >= 0.6 is 12.4 Å². The summed E-state index contributed by atoms with van der Waals surface area (Å²) in [5.41, 5.74) is 1.31. The molecule has 1 heterocycles. The van der Waals surface area contributed by atoms with Gasteiger partial charge >= 0.3 is 0 Å². The molecule has 2 rings (SSSR count). The second kappa shape index (κ2) is 11.2. The van der Waals surface area contributed by atoms with Gasteiger partial charge in [0.25, 0.3) is 5.91 Å². The first-order chi connectivity index (χ1) is 12.0. The number of amides is 2. The van der Waals surface area contributed by atoms with Gasteiger partial charge in [0.15, 0.2) is 0 Å². The Morgan fingerprint density at radius 2 is 1.88 bits per heavy atom. The Kier molecular flexibility index (Phi) is 9.66. The van der Waals surface area contributed by atoms with Gasteiger partial charge in [0.2, 0.25) is 5.91 Å². The van der Waals surface area contributed by atoms with Gasteiger partial charge in [-0.15, -0.1) is 12.4 Å². The summed E-state index contributed by atoms with van der Waals surface area (Å²) in [7, 11) is 0. The quantitative estimate of drug-likeness (QED) is 0.759. The molecule has 0 spiro atoms. The molecule has 5 nitrogen and oxygen atoms in total. The maximum Gasteiger partial charge on any atom is 0.253 e. The molecule has 1 aromatic carbocycles. The number of carbonyl (C=O) groups excluding carboxylic acids is 2. The third-order valence-corrected chi connectivity index (χ3v) is 5.14. The fourth-order valence-electron chi connectivity index (χ4n) is 3.51. The Morgan fingerprint density at radius 3 is 2.50 bits per heavy atom. The Balaban J connectivity index is 0.00000338. The molecule has 0 saturated carbocycles. The molecule has 1 aliphatic heterocycles. The molecule has 6 heteroatoms. The highest BCUT2D eigenvalue weighted by atomic mass is 35.5. The average Bonchev–Trinajstić information content (AvgIpc) is 2.63. The van der Waals surface area contributed by atoms with Crippen molar-refractivity contribution >= 4 is 29.9 Å². The zero-order valence-electron chi connectivity index (χ0n) is 16.1. The highest BCUT2D eigenvalue weighted by Crippen LogP contribution is 2.24. The zero-order chi connectivity index (χ0) is 18.2. The van der Waals surface area contributed by atoms with Gasteiger partial charge in [-0.3, -0.25) is 9.59 Å². The van der Waals surface area contributed by atoms with Crippen molar-refractivity contribution in [1.82, 2.24) is 10.2 Å². The van der Waals surface area contributed by atoms with Crippen molar-refractivity contribution in [3.63, 3.8) is 0 Å². The summed E-state index contributed by atoms with van der Waals surface area (Å²) < 4.78 is 0. The third-order valence-electron chi connectivity index (χ3n) is 5.14. The largest absolute Gasteiger partial charge is 0.339 e. The van der Waals surface area contributed by atoms with Crippen LogP contribution in [0.1, 0.15) is 50.4 Å². The van der Waals surface area contributed by atoms with E-state index in [4.69, 9.17) is 0 Å². The number of carbonyl (C=O) groups is 2. The molecule has 1 aromatic rings. The van der Waals surface area contributed by atoms with Gasteiger partial charge in [-0.2, -0.15) is 0 Å². The molecule has 0 aromatic heterocycles. The summed E-state index contributed by atoms with van der Waals surface area (Å²) in [6.07, 6.45) is 2.81. The van der Waals surface area contributed by atoms with E-state index < -0.39 is 0 Å². The molecule has 0 radical (unpaired) electrons. The summed E-state index contributed by atoms with van der Waals surface area (Å²) in [5, 5.41) is 6.32. The fraction of sp³-hybridized carbons (Fsp3) is 0.600. The summed E-state index contributed by atoms with van der Waals surface area (Å²) in [5.74, 6) is 1.02. The SMILES string of the molecule is CCN(CC)C(=O)c1cccc(NC(=O)CC(C)C2CCNCC2)c1.Cl. The number of hydrogen-bond donors (Lipinski definition) is 2. The predicted molar refractivity (Wildman–Crippen MR) is 109 cm³/mol. The highest BCUT2D eigenvalue weighted by molar-refractivity contribution is 5.97. The van der Waals surface area contributed by atoms with E-state index in [1.54, 1.807) is 17.0 Å². The van der Waals surface area contributed by atoms with E-state index in [0.717, 1.165) is 25.9 Å². The first-order valence-corrected chi connectivity index (χ1v) is 9.45. The normalized spacial score (nSPS) is 15.7. The van der Waals surface area contributed by atoms with Crippen LogP contribution in [0.25, 0.3) is 0 Å². The molecule has 0 bridgehead atoms. The monoisotopic (exact) mass is 381 g/mol. The molecule has 0 aliphatic carbocycles. The van der Waals surface area contributed by atoms with Crippen molar-refractivity contribution in [3.05, 3.63) is 29.8 Å². The molecular weight excluding hydrogens is 350 g/mol. The average molecular weight is 382 g/mol. The lowest BCUT2D eigenvalue weighted by molar-refractivity contribution is -0.117. The van der Waals surface area contributed by atoms with Crippen molar-refractivity contribution in [2.24, 2.45) is 11.8 Å². The standard InChI is InChI=1S/C20H31N3O2.ClH/c1-4-23(5-2)20(25)17-7-6-8-18(14-17)22-19(24)13-15(3)16-9-11-21-12-10-16;/h6-8,14-16,21H,4-5,9-13H2,1-3H3,(H,22,24);1H. The zero-order valence-corrected chi connectivity index (χ0v) is 16.9. The van der Waals surface area contributed by atoms with Gasteiger partial charge in [0, 0.05) is 30.8 Å². The van der Waals surface area contributed by atoms with E-state index in [1.165, 1.54) is 0 Å². The number of nitrogens with zero attached hydrogens (tertiary/aromatic N) is 1. The smallest absolute Gasteiger partial charge is 0.253 e. The minimum Gasteiger partial charge on any atom is -0.339 e. The minimum absolute atomic E-state index is 0. The second-order valence-corrected chi connectivity index (χ2v) is 6.88. The summed E-state index contributed by atoms with van der Waals surface area (Å²) in [4.78, 5) is 26.6. The minimum atomic E-state index is 0. The molecular formula is C20H32ClN3O2. The number of hydrogen-bond acceptors (Lipinski definition) is 3. The summed E-state index contributed by atoms with van der Waals surface area (Å²) in [6, 6.07) is 7.23. The van der Waals surface area contributed by atoms with Crippen LogP contribution in [0.2, 0.25) is 0 Å². The van der Waals surface area contributed by atoms with E-state index in [0.29, 0.717) is 42.6 Å². The van der Waals surface area contributed by atoms with Crippen molar-refractivity contribution in [2.45, 2.75) is 40.0 Å². The van der Waals surface area contributed by atoms with E-state index in [9.17, 15) is 9.59 Å². The predicted octanol–water partition coefficient (Wildman–Crippen LogP) is 3.55. The van der Waals surface area contributed by atoms with Crippen LogP contribution in [-0.4, -0.2) is 42.9 Å². The van der Waals surface area contributed by atoms with Gasteiger partial charge in [0.05, 0.1) is 0 Å². The number of benzene rings is 1. The number of rotatable bonds is 7. The maximum atomic E-state index is 12.4. The van der Waals surface area contributed by atoms with Crippen LogP contribution in [0, 0.1) is 11.8 Å². The van der Waals surface area contributed by atoms with Crippen molar-refractivity contribution in [1.29, 1.82) is 0 Å². The lowest BCUT2D eigenvalue weighted by Gasteiger charge is -2.27. The lowest BCUT2D eigenvalue weighted by atomic mass is 9.84. The van der Waals surface area contributed by atoms with Crippen LogP contribution in [0.4, 0.5) is 5.69 Å². The first-order valence-electron chi connectivity index (χ1n) is 9.45. The van der Waals surface area contributed by atoms with Crippen LogP contribution in [0.3, 0.4) is 0 Å². The second-order valence-electron chi connectivity index (χ2n) is 6.88. The molecule has 1 aliphatic rings. The van der Waals surface area contributed by atoms with Crippen LogP contribution in [0.5, 0.6) is 0 Å². The highest BCUT2D eigenvalue weighted by Gasteiger charge is 2.22. The van der Waals surface area contributed by atoms with Gasteiger partial charge in [0.1, 0.15) is 0 Å². The maximum absolute atomic E-state index is 12.4. The number of piperidine rings is 1. The summed E-state index contributed by atoms with van der Waals surface area (Å²) >= 11 is 0. The Morgan fingerprint density at radius 1 is 1.23 bits per heavy atom. The fourth-order valence-corrected chi connectivity index (χ4v) is 3.51. The topological polar surface area (TPSA) is 61.4 Å². The van der Waals surface area contributed by atoms with Crippen molar-refractivity contribution in [3.8, 4) is 0 Å². The number of nitrogens with one attached hydrogen (secondary N) is 2. The van der Waals surface area contributed by atoms with Crippen molar-refractivity contribution < 1.29 is 9.59 Å².